The van der Waals surface area contributed by atoms with Crippen LogP contribution >= 0.6 is 0 Å². The molecule has 2 aromatic carbocycles. The van der Waals surface area contributed by atoms with E-state index in [4.69, 9.17) is 4.74 Å². The maximum atomic E-state index is 12.8. The van der Waals surface area contributed by atoms with Crippen molar-refractivity contribution in [3.63, 3.8) is 0 Å². The number of rotatable bonds is 6. The number of benzene rings is 2. The molecule has 1 heterocycles. The van der Waals surface area contributed by atoms with Gasteiger partial charge in [0.1, 0.15) is 5.75 Å². The van der Waals surface area contributed by atoms with E-state index in [0.29, 0.717) is 11.4 Å². The molecular formula is C21H19F3N4O3. The summed E-state index contributed by atoms with van der Waals surface area (Å²) in [5.74, 6) is 0.688. The minimum Gasteiger partial charge on any atom is -0.497 e. The molecule has 7 nitrogen and oxygen atoms in total. The summed E-state index contributed by atoms with van der Waals surface area (Å²) in [5, 5.41) is 9.11. The van der Waals surface area contributed by atoms with Crippen LogP contribution in [0.4, 0.5) is 23.7 Å². The number of carbonyl (C=O) groups is 1. The van der Waals surface area contributed by atoms with Crippen molar-refractivity contribution in [1.29, 1.82) is 0 Å². The molecule has 0 saturated carbocycles. The normalized spacial score (nSPS) is 11.1. The smallest absolute Gasteiger partial charge is 0.416 e. The minimum atomic E-state index is -4.50. The van der Waals surface area contributed by atoms with Gasteiger partial charge in [-0.2, -0.15) is 18.3 Å². The summed E-state index contributed by atoms with van der Waals surface area (Å²) in [4.78, 5) is 24.0. The van der Waals surface area contributed by atoms with E-state index in [2.05, 4.69) is 15.7 Å². The molecule has 0 atom stereocenters. The Morgan fingerprint density at radius 1 is 1.10 bits per heavy atom. The van der Waals surface area contributed by atoms with Gasteiger partial charge < -0.3 is 15.4 Å². The van der Waals surface area contributed by atoms with Crippen molar-refractivity contribution >= 4 is 11.7 Å². The molecule has 0 aliphatic heterocycles. The molecule has 0 unspecified atom stereocenters. The van der Waals surface area contributed by atoms with Gasteiger partial charge in [0, 0.05) is 23.9 Å². The number of urea groups is 1. The summed E-state index contributed by atoms with van der Waals surface area (Å²) in [6.45, 7) is 0.128. The Hall–Kier alpha value is -3.82. The van der Waals surface area contributed by atoms with E-state index in [9.17, 15) is 22.8 Å². The second kappa shape index (κ2) is 9.33. The van der Waals surface area contributed by atoms with Crippen LogP contribution in [0.3, 0.4) is 0 Å². The molecule has 3 aromatic rings. The molecule has 0 aliphatic rings. The summed E-state index contributed by atoms with van der Waals surface area (Å²) in [5.41, 5.74) is 0.137. The predicted molar refractivity (Wildman–Crippen MR) is 109 cm³/mol. The molecule has 0 saturated heterocycles. The molecule has 162 valence electrons. The summed E-state index contributed by atoms with van der Waals surface area (Å²) in [6, 6.07) is 13.7. The average molecular weight is 432 g/mol. The molecule has 2 amide bonds. The van der Waals surface area contributed by atoms with E-state index >= 15 is 0 Å². The summed E-state index contributed by atoms with van der Waals surface area (Å²) in [7, 11) is 1.56. The molecule has 0 spiro atoms. The lowest BCUT2D eigenvalue weighted by molar-refractivity contribution is -0.137. The van der Waals surface area contributed by atoms with Gasteiger partial charge in [0.25, 0.3) is 5.56 Å². The molecule has 10 heteroatoms. The number of amides is 2. The first-order valence-electron chi connectivity index (χ1n) is 9.21. The zero-order valence-corrected chi connectivity index (χ0v) is 16.4. The van der Waals surface area contributed by atoms with Gasteiger partial charge in [-0.15, -0.1) is 0 Å². The van der Waals surface area contributed by atoms with Crippen LogP contribution in [-0.2, 0) is 12.7 Å². The maximum absolute atomic E-state index is 12.8. The van der Waals surface area contributed by atoms with Gasteiger partial charge in [0.05, 0.1) is 24.9 Å². The number of carbonyl (C=O) groups excluding carboxylic acids is 1. The van der Waals surface area contributed by atoms with Gasteiger partial charge in [0.15, 0.2) is 0 Å². The van der Waals surface area contributed by atoms with Crippen molar-refractivity contribution < 1.29 is 22.7 Å². The van der Waals surface area contributed by atoms with Crippen LogP contribution in [0.15, 0.2) is 65.5 Å². The van der Waals surface area contributed by atoms with Gasteiger partial charge >= 0.3 is 12.2 Å². The van der Waals surface area contributed by atoms with Crippen molar-refractivity contribution in [2.45, 2.75) is 12.7 Å². The quantitative estimate of drug-likeness (QED) is 0.621. The number of hydrogen-bond acceptors (Lipinski definition) is 4. The highest BCUT2D eigenvalue weighted by Crippen LogP contribution is 2.30. The molecule has 31 heavy (non-hydrogen) atoms. The van der Waals surface area contributed by atoms with Crippen LogP contribution in [0.1, 0.15) is 5.56 Å². The topological polar surface area (TPSA) is 85.2 Å². The Balaban J connectivity index is 1.60. The number of hydrogen-bond donors (Lipinski definition) is 2. The zero-order valence-electron chi connectivity index (χ0n) is 16.4. The van der Waals surface area contributed by atoms with Crippen LogP contribution in [-0.4, -0.2) is 29.5 Å². The van der Waals surface area contributed by atoms with Crippen LogP contribution in [0.25, 0.3) is 11.3 Å². The number of ether oxygens (including phenoxy) is 1. The van der Waals surface area contributed by atoms with E-state index in [-0.39, 0.29) is 24.3 Å². The van der Waals surface area contributed by atoms with Crippen LogP contribution in [0.2, 0.25) is 0 Å². The third-order valence-electron chi connectivity index (χ3n) is 4.31. The summed E-state index contributed by atoms with van der Waals surface area (Å²) in [6.07, 6.45) is -4.50. The van der Waals surface area contributed by atoms with E-state index in [1.807, 2.05) is 0 Å². The van der Waals surface area contributed by atoms with Gasteiger partial charge in [-0.25, -0.2) is 9.48 Å². The number of methoxy groups -OCH3 is 1. The Morgan fingerprint density at radius 3 is 2.52 bits per heavy atom. The number of alkyl halides is 3. The van der Waals surface area contributed by atoms with Gasteiger partial charge in [-0.3, -0.25) is 4.79 Å². The molecule has 1 aromatic heterocycles. The van der Waals surface area contributed by atoms with E-state index < -0.39 is 17.8 Å². The molecule has 0 aliphatic carbocycles. The van der Waals surface area contributed by atoms with E-state index in [1.54, 1.807) is 37.4 Å². The minimum absolute atomic E-state index is 0.00381. The van der Waals surface area contributed by atoms with E-state index in [0.717, 1.165) is 17.7 Å². The highest BCUT2D eigenvalue weighted by molar-refractivity contribution is 5.89. The monoisotopic (exact) mass is 432 g/mol. The SMILES string of the molecule is COc1ccc(-c2ccc(=O)n(CCNC(=O)Nc3cccc(C(F)(F)F)c3)n2)cc1. The number of nitrogens with zero attached hydrogens (tertiary/aromatic N) is 2. The fourth-order valence-electron chi connectivity index (χ4n) is 2.75. The van der Waals surface area contributed by atoms with Crippen molar-refractivity contribution in [1.82, 2.24) is 15.1 Å². The molecule has 0 radical (unpaired) electrons. The number of anilines is 1. The highest BCUT2D eigenvalue weighted by atomic mass is 19.4. The molecular weight excluding hydrogens is 413 g/mol. The summed E-state index contributed by atoms with van der Waals surface area (Å²) >= 11 is 0. The second-order valence-corrected chi connectivity index (χ2v) is 6.47. The lowest BCUT2D eigenvalue weighted by atomic mass is 10.1. The third kappa shape index (κ3) is 5.84. The first kappa shape index (κ1) is 21.9. The van der Waals surface area contributed by atoms with Gasteiger partial charge in [-0.1, -0.05) is 6.07 Å². The fourth-order valence-corrected chi connectivity index (χ4v) is 2.75. The zero-order chi connectivity index (χ0) is 22.4. The average Bonchev–Trinajstić information content (AvgIpc) is 2.75. The number of aromatic nitrogens is 2. The standard InChI is InChI=1S/C21H19F3N4O3/c1-31-17-7-5-14(6-8-17)18-9-10-19(29)28(27-18)12-11-25-20(30)26-16-4-2-3-15(13-16)21(22,23)24/h2-10,13H,11-12H2,1H3,(H2,25,26,30). The molecule has 2 N–H and O–H groups in total. The summed E-state index contributed by atoms with van der Waals surface area (Å²) < 4.78 is 44.6. The van der Waals surface area contributed by atoms with Crippen molar-refractivity contribution in [2.75, 3.05) is 19.0 Å². The van der Waals surface area contributed by atoms with Crippen molar-refractivity contribution in [2.24, 2.45) is 0 Å². The largest absolute Gasteiger partial charge is 0.497 e. The molecule has 0 bridgehead atoms. The Bertz CT molecular complexity index is 1110. The highest BCUT2D eigenvalue weighted by Gasteiger charge is 2.30. The van der Waals surface area contributed by atoms with Gasteiger partial charge in [-0.05, 0) is 48.5 Å². The number of halogens is 3. The Kier molecular flexibility index (Phi) is 6.58. The third-order valence-corrected chi connectivity index (χ3v) is 4.31. The van der Waals surface area contributed by atoms with Crippen LogP contribution in [0.5, 0.6) is 5.75 Å². The van der Waals surface area contributed by atoms with Crippen LogP contribution in [0, 0.1) is 0 Å². The Labute approximate surface area is 175 Å². The maximum Gasteiger partial charge on any atom is 0.416 e. The van der Waals surface area contributed by atoms with E-state index in [1.165, 1.54) is 22.9 Å². The second-order valence-electron chi connectivity index (χ2n) is 6.47. The Morgan fingerprint density at radius 2 is 1.84 bits per heavy atom. The first-order chi connectivity index (χ1) is 14.8. The molecule has 0 fully saturated rings. The van der Waals surface area contributed by atoms with Crippen molar-refractivity contribution in [3.05, 3.63) is 76.6 Å². The lowest BCUT2D eigenvalue weighted by Gasteiger charge is -2.11. The lowest BCUT2D eigenvalue weighted by Crippen LogP contribution is -2.34. The van der Waals surface area contributed by atoms with Gasteiger partial charge in [0.2, 0.25) is 0 Å². The van der Waals surface area contributed by atoms with Crippen molar-refractivity contribution in [3.8, 4) is 17.0 Å². The predicted octanol–water partition coefficient (Wildman–Crippen LogP) is 3.76. The van der Waals surface area contributed by atoms with Crippen LogP contribution < -0.4 is 20.9 Å². The first-order valence-corrected chi connectivity index (χ1v) is 9.21. The molecule has 3 rings (SSSR count). The fraction of sp³-hybridized carbons (Fsp3) is 0.190. The number of nitrogens with one attached hydrogen (secondary N) is 2.